The molecule has 0 aliphatic carbocycles. The Kier molecular flexibility index (Phi) is 5.22. The van der Waals surface area contributed by atoms with E-state index < -0.39 is 17.9 Å². The van der Waals surface area contributed by atoms with Crippen LogP contribution < -0.4 is 10.2 Å². The quantitative estimate of drug-likeness (QED) is 0.783. The number of para-hydroxylation sites is 1. The van der Waals surface area contributed by atoms with Crippen molar-refractivity contribution in [3.63, 3.8) is 0 Å². The zero-order valence-electron chi connectivity index (χ0n) is 16.5. The SMILES string of the molecule is COC(=O)c1ccc(NC(=O)CN2C(=O)[C@@H]3CCCN3C(=O)c3ccccc32)cc1. The number of hydrogen-bond acceptors (Lipinski definition) is 5. The Hall–Kier alpha value is -3.68. The van der Waals surface area contributed by atoms with Crippen LogP contribution in [0.3, 0.4) is 0 Å². The van der Waals surface area contributed by atoms with Crippen molar-refractivity contribution >= 4 is 35.1 Å². The molecule has 2 aromatic rings. The number of methoxy groups -OCH3 is 1. The molecule has 0 spiro atoms. The molecule has 2 aromatic carbocycles. The molecule has 4 rings (SSSR count). The number of benzene rings is 2. The first-order chi connectivity index (χ1) is 14.5. The number of amides is 3. The summed E-state index contributed by atoms with van der Waals surface area (Å²) in [7, 11) is 1.30. The van der Waals surface area contributed by atoms with Crippen molar-refractivity contribution in [3.05, 3.63) is 59.7 Å². The molecule has 0 aromatic heterocycles. The third-order valence-electron chi connectivity index (χ3n) is 5.38. The minimum absolute atomic E-state index is 0.178. The van der Waals surface area contributed by atoms with Crippen LogP contribution in [-0.2, 0) is 14.3 Å². The van der Waals surface area contributed by atoms with E-state index in [1.807, 2.05) is 0 Å². The van der Waals surface area contributed by atoms with Crippen LogP contribution in [0.5, 0.6) is 0 Å². The predicted molar refractivity (Wildman–Crippen MR) is 109 cm³/mol. The van der Waals surface area contributed by atoms with E-state index in [-0.39, 0.29) is 18.4 Å². The van der Waals surface area contributed by atoms with Crippen LogP contribution in [0, 0.1) is 0 Å². The normalized spacial score (nSPS) is 17.8. The van der Waals surface area contributed by atoms with Crippen LogP contribution in [0.25, 0.3) is 0 Å². The van der Waals surface area contributed by atoms with E-state index >= 15 is 0 Å². The van der Waals surface area contributed by atoms with Crippen molar-refractivity contribution in [3.8, 4) is 0 Å². The zero-order chi connectivity index (χ0) is 21.3. The molecule has 0 saturated carbocycles. The summed E-state index contributed by atoms with van der Waals surface area (Å²) in [6, 6.07) is 12.6. The lowest BCUT2D eigenvalue weighted by Crippen LogP contribution is -2.47. The number of carbonyl (C=O) groups excluding carboxylic acids is 4. The van der Waals surface area contributed by atoms with E-state index in [0.29, 0.717) is 35.5 Å². The summed E-state index contributed by atoms with van der Waals surface area (Å²) in [5, 5.41) is 2.73. The molecular formula is C22H21N3O5. The Morgan fingerprint density at radius 1 is 1.10 bits per heavy atom. The maximum atomic E-state index is 13.2. The summed E-state index contributed by atoms with van der Waals surface area (Å²) >= 11 is 0. The van der Waals surface area contributed by atoms with Gasteiger partial charge in [-0.05, 0) is 49.2 Å². The Morgan fingerprint density at radius 3 is 2.57 bits per heavy atom. The second kappa shape index (κ2) is 7.98. The molecule has 1 fully saturated rings. The van der Waals surface area contributed by atoms with Gasteiger partial charge in [-0.25, -0.2) is 4.79 Å². The second-order valence-corrected chi connectivity index (χ2v) is 7.22. The first-order valence-corrected chi connectivity index (χ1v) is 9.69. The fourth-order valence-electron chi connectivity index (χ4n) is 3.92. The van der Waals surface area contributed by atoms with Gasteiger partial charge in [-0.15, -0.1) is 0 Å². The van der Waals surface area contributed by atoms with Gasteiger partial charge in [0.05, 0.1) is 23.9 Å². The highest BCUT2D eigenvalue weighted by Crippen LogP contribution is 2.32. The molecule has 1 atom stereocenters. The van der Waals surface area contributed by atoms with Crippen molar-refractivity contribution in [1.29, 1.82) is 0 Å². The van der Waals surface area contributed by atoms with Crippen LogP contribution in [-0.4, -0.2) is 54.8 Å². The number of ether oxygens (including phenoxy) is 1. The number of esters is 1. The number of nitrogens with one attached hydrogen (secondary N) is 1. The molecule has 0 radical (unpaired) electrons. The van der Waals surface area contributed by atoms with Gasteiger partial charge in [0.25, 0.3) is 5.91 Å². The molecule has 8 nitrogen and oxygen atoms in total. The van der Waals surface area contributed by atoms with Gasteiger partial charge in [0.2, 0.25) is 11.8 Å². The fourth-order valence-corrected chi connectivity index (χ4v) is 3.92. The third kappa shape index (κ3) is 3.52. The van der Waals surface area contributed by atoms with Gasteiger partial charge in [-0.3, -0.25) is 14.4 Å². The second-order valence-electron chi connectivity index (χ2n) is 7.22. The topological polar surface area (TPSA) is 96.0 Å². The lowest BCUT2D eigenvalue weighted by molar-refractivity contribution is -0.124. The van der Waals surface area contributed by atoms with Gasteiger partial charge in [-0.2, -0.15) is 0 Å². The molecule has 30 heavy (non-hydrogen) atoms. The molecule has 8 heteroatoms. The van der Waals surface area contributed by atoms with E-state index in [4.69, 9.17) is 0 Å². The first kappa shape index (κ1) is 19.6. The molecule has 2 heterocycles. The van der Waals surface area contributed by atoms with Gasteiger partial charge in [0.1, 0.15) is 12.6 Å². The summed E-state index contributed by atoms with van der Waals surface area (Å²) in [5.41, 5.74) is 1.72. The van der Waals surface area contributed by atoms with Crippen molar-refractivity contribution in [1.82, 2.24) is 4.90 Å². The summed E-state index contributed by atoms with van der Waals surface area (Å²) in [5.74, 6) is -1.29. The lowest BCUT2D eigenvalue weighted by atomic mass is 10.1. The smallest absolute Gasteiger partial charge is 0.337 e. The molecule has 2 aliphatic rings. The highest BCUT2D eigenvalue weighted by atomic mass is 16.5. The van der Waals surface area contributed by atoms with Gasteiger partial charge in [0.15, 0.2) is 0 Å². The summed E-state index contributed by atoms with van der Waals surface area (Å²) in [4.78, 5) is 53.3. The number of anilines is 2. The van der Waals surface area contributed by atoms with E-state index in [0.717, 1.165) is 6.42 Å². The van der Waals surface area contributed by atoms with Crippen LogP contribution in [0.15, 0.2) is 48.5 Å². The van der Waals surface area contributed by atoms with Crippen molar-refractivity contribution in [2.24, 2.45) is 0 Å². The average Bonchev–Trinajstić information content (AvgIpc) is 3.24. The Labute approximate surface area is 173 Å². The maximum absolute atomic E-state index is 13.2. The van der Waals surface area contributed by atoms with Crippen LogP contribution in [0.1, 0.15) is 33.6 Å². The summed E-state index contributed by atoms with van der Waals surface area (Å²) in [6.07, 6.45) is 1.35. The number of fused-ring (bicyclic) bond motifs is 2. The van der Waals surface area contributed by atoms with Crippen LogP contribution >= 0.6 is 0 Å². The van der Waals surface area contributed by atoms with Crippen LogP contribution in [0.4, 0.5) is 11.4 Å². The Bertz CT molecular complexity index is 1020. The molecule has 2 aliphatic heterocycles. The Morgan fingerprint density at radius 2 is 1.83 bits per heavy atom. The summed E-state index contributed by atoms with van der Waals surface area (Å²) < 4.78 is 4.66. The molecule has 3 amide bonds. The largest absolute Gasteiger partial charge is 0.465 e. The highest BCUT2D eigenvalue weighted by Gasteiger charge is 2.42. The summed E-state index contributed by atoms with van der Waals surface area (Å²) in [6.45, 7) is 0.322. The van der Waals surface area contributed by atoms with E-state index in [2.05, 4.69) is 10.1 Å². The highest BCUT2D eigenvalue weighted by molar-refractivity contribution is 6.13. The van der Waals surface area contributed by atoms with Gasteiger partial charge in [0, 0.05) is 12.2 Å². The Balaban J connectivity index is 1.56. The lowest BCUT2D eigenvalue weighted by Gasteiger charge is -2.25. The number of rotatable bonds is 4. The van der Waals surface area contributed by atoms with E-state index in [1.165, 1.54) is 12.0 Å². The molecule has 1 N–H and O–H groups in total. The van der Waals surface area contributed by atoms with Gasteiger partial charge in [-0.1, -0.05) is 12.1 Å². The van der Waals surface area contributed by atoms with E-state index in [9.17, 15) is 19.2 Å². The van der Waals surface area contributed by atoms with Crippen molar-refractivity contribution < 1.29 is 23.9 Å². The number of carbonyl (C=O) groups is 4. The van der Waals surface area contributed by atoms with Gasteiger partial charge < -0.3 is 19.9 Å². The molecule has 0 bridgehead atoms. The minimum atomic E-state index is -0.544. The first-order valence-electron chi connectivity index (χ1n) is 9.69. The van der Waals surface area contributed by atoms with Crippen LogP contribution in [0.2, 0.25) is 0 Å². The number of hydrogen-bond donors (Lipinski definition) is 1. The molecule has 1 saturated heterocycles. The monoisotopic (exact) mass is 407 g/mol. The third-order valence-corrected chi connectivity index (χ3v) is 5.38. The minimum Gasteiger partial charge on any atom is -0.465 e. The molecule has 0 unspecified atom stereocenters. The zero-order valence-corrected chi connectivity index (χ0v) is 16.5. The van der Waals surface area contributed by atoms with E-state index in [1.54, 1.807) is 53.4 Å². The van der Waals surface area contributed by atoms with Gasteiger partial charge >= 0.3 is 5.97 Å². The average molecular weight is 407 g/mol. The molecule has 154 valence electrons. The van der Waals surface area contributed by atoms with Crippen molar-refractivity contribution in [2.45, 2.75) is 18.9 Å². The maximum Gasteiger partial charge on any atom is 0.337 e. The molecular weight excluding hydrogens is 386 g/mol. The predicted octanol–water partition coefficient (Wildman–Crippen LogP) is 2.06. The standard InChI is InChI=1S/C22H21N3O5/c1-30-22(29)14-8-10-15(11-9-14)23-19(26)13-25-17-6-3-2-5-16(17)20(27)24-12-4-7-18(24)21(25)28/h2-3,5-6,8-11,18H,4,7,12-13H2,1H3,(H,23,26)/t18-/m0/s1. The van der Waals surface area contributed by atoms with Crippen molar-refractivity contribution in [2.75, 3.05) is 30.4 Å². The fraction of sp³-hybridized carbons (Fsp3) is 0.273. The number of nitrogens with zero attached hydrogens (tertiary/aromatic N) is 2.